The van der Waals surface area contributed by atoms with Crippen LogP contribution in [-0.2, 0) is 4.74 Å². The molecule has 0 saturated heterocycles. The third-order valence-electron chi connectivity index (χ3n) is 3.57. The fraction of sp³-hybridized carbons (Fsp3) is 0.600. The molecule has 1 aliphatic heterocycles. The molecule has 1 aliphatic rings. The molecule has 0 fully saturated rings. The first-order chi connectivity index (χ1) is 9.70. The lowest BCUT2D eigenvalue weighted by Gasteiger charge is -2.27. The molecule has 112 valence electrons. The second-order valence-corrected chi connectivity index (χ2v) is 6.70. The Hall–Kier alpha value is -0.260. The van der Waals surface area contributed by atoms with Crippen LogP contribution < -0.4 is 5.32 Å². The molecule has 0 spiro atoms. The normalized spacial score (nSPS) is 18.3. The molecule has 1 aromatic carbocycles. The van der Waals surface area contributed by atoms with Gasteiger partial charge in [-0.05, 0) is 43.0 Å². The molecule has 1 N–H and O–H groups in total. The van der Waals surface area contributed by atoms with Crippen molar-refractivity contribution in [2.24, 2.45) is 0 Å². The van der Waals surface area contributed by atoms with Gasteiger partial charge in [-0.1, -0.05) is 11.6 Å². The molecule has 0 aromatic heterocycles. The lowest BCUT2D eigenvalue weighted by Crippen LogP contribution is -2.34. The summed E-state index contributed by atoms with van der Waals surface area (Å²) in [5, 5.41) is 4.49. The van der Waals surface area contributed by atoms with Crippen LogP contribution in [0.3, 0.4) is 0 Å². The average molecular weight is 315 g/mol. The molecule has 0 aliphatic carbocycles. The minimum atomic E-state index is 0.431. The first-order valence-electron chi connectivity index (χ1n) is 7.04. The van der Waals surface area contributed by atoms with E-state index in [0.717, 1.165) is 31.3 Å². The van der Waals surface area contributed by atoms with E-state index in [0.29, 0.717) is 6.04 Å². The van der Waals surface area contributed by atoms with Gasteiger partial charge >= 0.3 is 0 Å². The van der Waals surface area contributed by atoms with E-state index in [1.807, 2.05) is 17.8 Å². The lowest BCUT2D eigenvalue weighted by molar-refractivity contribution is 0.161. The Morgan fingerprint density at radius 3 is 3.10 bits per heavy atom. The van der Waals surface area contributed by atoms with Gasteiger partial charge in [0.2, 0.25) is 0 Å². The van der Waals surface area contributed by atoms with Crippen molar-refractivity contribution in [3.8, 4) is 0 Å². The van der Waals surface area contributed by atoms with Crippen molar-refractivity contribution in [2.45, 2.75) is 17.4 Å². The summed E-state index contributed by atoms with van der Waals surface area (Å²) in [4.78, 5) is 3.65. The third kappa shape index (κ3) is 4.64. The predicted octanol–water partition coefficient (Wildman–Crippen LogP) is 3.04. The number of likely N-dealkylation sites (N-methyl/N-ethyl adjacent to an activating group) is 1. The zero-order valence-electron chi connectivity index (χ0n) is 12.2. The van der Waals surface area contributed by atoms with Crippen LogP contribution in [0.4, 0.5) is 0 Å². The van der Waals surface area contributed by atoms with Crippen molar-refractivity contribution in [3.63, 3.8) is 0 Å². The number of benzene rings is 1. The Labute approximate surface area is 131 Å². The molecule has 1 aromatic rings. The van der Waals surface area contributed by atoms with Gasteiger partial charge in [-0.25, -0.2) is 0 Å². The van der Waals surface area contributed by atoms with Crippen molar-refractivity contribution in [2.75, 3.05) is 46.2 Å². The quantitative estimate of drug-likeness (QED) is 0.836. The number of thioether (sulfide) groups is 1. The molecule has 0 amide bonds. The number of methoxy groups -OCH3 is 1. The van der Waals surface area contributed by atoms with Crippen LogP contribution in [0, 0.1) is 0 Å². The zero-order chi connectivity index (χ0) is 14.4. The Morgan fingerprint density at radius 1 is 1.45 bits per heavy atom. The van der Waals surface area contributed by atoms with Crippen LogP contribution in [0.25, 0.3) is 0 Å². The fourth-order valence-electron chi connectivity index (χ4n) is 2.37. The first kappa shape index (κ1) is 16.1. The maximum atomic E-state index is 6.12. The van der Waals surface area contributed by atoms with Gasteiger partial charge in [-0.2, -0.15) is 0 Å². The zero-order valence-corrected chi connectivity index (χ0v) is 13.8. The molecule has 1 heterocycles. The molecule has 1 unspecified atom stereocenters. The Kier molecular flexibility index (Phi) is 6.65. The van der Waals surface area contributed by atoms with Crippen LogP contribution in [-0.4, -0.2) is 51.1 Å². The molecule has 0 bridgehead atoms. The van der Waals surface area contributed by atoms with Gasteiger partial charge in [-0.3, -0.25) is 0 Å². The van der Waals surface area contributed by atoms with Gasteiger partial charge in [-0.15, -0.1) is 11.8 Å². The SMILES string of the molecule is COCCN(C)CCNC1CCSc2ccc(Cl)cc21. The highest BCUT2D eigenvalue weighted by Gasteiger charge is 2.20. The number of rotatable bonds is 7. The smallest absolute Gasteiger partial charge is 0.0589 e. The molecule has 2 rings (SSSR count). The van der Waals surface area contributed by atoms with E-state index in [4.69, 9.17) is 16.3 Å². The molecule has 20 heavy (non-hydrogen) atoms. The van der Waals surface area contributed by atoms with E-state index >= 15 is 0 Å². The topological polar surface area (TPSA) is 24.5 Å². The van der Waals surface area contributed by atoms with Crippen molar-refractivity contribution < 1.29 is 4.74 Å². The molecule has 0 saturated carbocycles. The number of hydrogen-bond donors (Lipinski definition) is 1. The van der Waals surface area contributed by atoms with Gasteiger partial charge in [0, 0.05) is 42.7 Å². The Bertz CT molecular complexity index is 430. The van der Waals surface area contributed by atoms with Crippen LogP contribution in [0.5, 0.6) is 0 Å². The highest BCUT2D eigenvalue weighted by Crippen LogP contribution is 2.37. The monoisotopic (exact) mass is 314 g/mol. The van der Waals surface area contributed by atoms with Gasteiger partial charge in [0.05, 0.1) is 6.61 Å². The van der Waals surface area contributed by atoms with E-state index in [-0.39, 0.29) is 0 Å². The Morgan fingerprint density at radius 2 is 2.30 bits per heavy atom. The van der Waals surface area contributed by atoms with E-state index in [9.17, 15) is 0 Å². The predicted molar refractivity (Wildman–Crippen MR) is 86.9 cm³/mol. The van der Waals surface area contributed by atoms with Crippen LogP contribution >= 0.6 is 23.4 Å². The number of fused-ring (bicyclic) bond motifs is 1. The van der Waals surface area contributed by atoms with E-state index in [1.165, 1.54) is 22.6 Å². The summed E-state index contributed by atoms with van der Waals surface area (Å²) in [5.41, 5.74) is 1.35. The summed E-state index contributed by atoms with van der Waals surface area (Å²) < 4.78 is 5.09. The van der Waals surface area contributed by atoms with Crippen molar-refractivity contribution in [1.82, 2.24) is 10.2 Å². The summed E-state index contributed by atoms with van der Waals surface area (Å²) in [6.45, 7) is 3.78. The second-order valence-electron chi connectivity index (χ2n) is 5.12. The maximum Gasteiger partial charge on any atom is 0.0589 e. The second kappa shape index (κ2) is 8.25. The molecular weight excluding hydrogens is 292 g/mol. The standard InChI is InChI=1S/C15H23ClN2OS/c1-18(8-9-19-2)7-6-17-14-5-10-20-15-4-3-12(16)11-13(14)15/h3-4,11,14,17H,5-10H2,1-2H3. The van der Waals surface area contributed by atoms with Crippen LogP contribution in [0.2, 0.25) is 5.02 Å². The number of nitrogens with one attached hydrogen (secondary N) is 1. The summed E-state index contributed by atoms with van der Waals surface area (Å²) in [6, 6.07) is 6.66. The number of nitrogens with zero attached hydrogens (tertiary/aromatic N) is 1. The molecule has 5 heteroatoms. The number of ether oxygens (including phenoxy) is 1. The molecular formula is C15H23ClN2OS. The summed E-state index contributed by atoms with van der Waals surface area (Å²) in [5.74, 6) is 1.17. The van der Waals surface area contributed by atoms with Crippen molar-refractivity contribution in [3.05, 3.63) is 28.8 Å². The largest absolute Gasteiger partial charge is 0.383 e. The van der Waals surface area contributed by atoms with Crippen LogP contribution in [0.15, 0.2) is 23.1 Å². The van der Waals surface area contributed by atoms with Gasteiger partial charge < -0.3 is 15.0 Å². The third-order valence-corrected chi connectivity index (χ3v) is 4.93. The summed E-state index contributed by atoms with van der Waals surface area (Å²) in [7, 11) is 3.87. The van der Waals surface area contributed by atoms with E-state index in [2.05, 4.69) is 29.4 Å². The number of hydrogen-bond acceptors (Lipinski definition) is 4. The van der Waals surface area contributed by atoms with Crippen molar-refractivity contribution >= 4 is 23.4 Å². The Balaban J connectivity index is 1.84. The minimum Gasteiger partial charge on any atom is -0.383 e. The van der Waals surface area contributed by atoms with E-state index < -0.39 is 0 Å². The highest BCUT2D eigenvalue weighted by atomic mass is 35.5. The van der Waals surface area contributed by atoms with Gasteiger partial charge in [0.15, 0.2) is 0 Å². The molecule has 0 radical (unpaired) electrons. The van der Waals surface area contributed by atoms with Gasteiger partial charge in [0.1, 0.15) is 0 Å². The van der Waals surface area contributed by atoms with Crippen LogP contribution in [0.1, 0.15) is 18.0 Å². The van der Waals surface area contributed by atoms with E-state index in [1.54, 1.807) is 7.11 Å². The highest BCUT2D eigenvalue weighted by molar-refractivity contribution is 7.99. The van der Waals surface area contributed by atoms with Gasteiger partial charge in [0.25, 0.3) is 0 Å². The minimum absolute atomic E-state index is 0.431. The summed E-state index contributed by atoms with van der Waals surface area (Å²) >= 11 is 8.05. The molecule has 3 nitrogen and oxygen atoms in total. The lowest BCUT2D eigenvalue weighted by atomic mass is 10.0. The first-order valence-corrected chi connectivity index (χ1v) is 8.40. The maximum absolute atomic E-state index is 6.12. The average Bonchev–Trinajstić information content (AvgIpc) is 2.45. The fourth-order valence-corrected chi connectivity index (χ4v) is 3.65. The summed E-state index contributed by atoms with van der Waals surface area (Å²) in [6.07, 6.45) is 1.17. The number of halogens is 1. The molecule has 1 atom stereocenters. The van der Waals surface area contributed by atoms with Crippen molar-refractivity contribution in [1.29, 1.82) is 0 Å².